The van der Waals surface area contributed by atoms with Crippen molar-refractivity contribution in [2.75, 3.05) is 31.1 Å². The van der Waals surface area contributed by atoms with Gasteiger partial charge >= 0.3 is 0 Å². The van der Waals surface area contributed by atoms with E-state index >= 15 is 0 Å². The lowest BCUT2D eigenvalue weighted by molar-refractivity contribution is 0.0841. The van der Waals surface area contributed by atoms with E-state index in [0.717, 1.165) is 26.2 Å². The Labute approximate surface area is 123 Å². The molecule has 0 bridgehead atoms. The summed E-state index contributed by atoms with van der Waals surface area (Å²) in [6, 6.07) is 9.06. The first-order chi connectivity index (χ1) is 9.72. The molecule has 2 atom stereocenters. The van der Waals surface area contributed by atoms with Crippen LogP contribution in [0.15, 0.2) is 24.3 Å². The molecule has 0 spiro atoms. The van der Waals surface area contributed by atoms with Gasteiger partial charge in [-0.15, -0.1) is 0 Å². The number of ether oxygens (including phenoxy) is 1. The van der Waals surface area contributed by atoms with Gasteiger partial charge in [-0.05, 0) is 45.2 Å². The quantitative estimate of drug-likeness (QED) is 0.828. The van der Waals surface area contributed by atoms with E-state index in [4.69, 9.17) is 4.74 Å². The highest BCUT2D eigenvalue weighted by molar-refractivity contribution is 5.52. The molecule has 1 heterocycles. The molecular formula is C17H28N2O. The summed E-state index contributed by atoms with van der Waals surface area (Å²) >= 11 is 0. The van der Waals surface area contributed by atoms with Crippen LogP contribution >= 0.6 is 0 Å². The van der Waals surface area contributed by atoms with E-state index in [2.05, 4.69) is 55.3 Å². The minimum Gasteiger partial charge on any atom is -0.377 e. The summed E-state index contributed by atoms with van der Waals surface area (Å²) in [5.41, 5.74) is 2.70. The molecule has 3 nitrogen and oxygen atoms in total. The zero-order valence-electron chi connectivity index (χ0n) is 13.1. The number of hydrogen-bond donors (Lipinski definition) is 1. The van der Waals surface area contributed by atoms with Crippen LogP contribution in [0, 0.1) is 6.92 Å². The zero-order valence-corrected chi connectivity index (χ0v) is 13.1. The summed E-state index contributed by atoms with van der Waals surface area (Å²) in [5, 5.41) is 3.61. The van der Waals surface area contributed by atoms with E-state index in [1.807, 2.05) is 0 Å². The molecule has 1 N–H and O–H groups in total. The van der Waals surface area contributed by atoms with Crippen LogP contribution in [0.4, 0.5) is 5.69 Å². The third-order valence-corrected chi connectivity index (χ3v) is 4.21. The molecule has 1 saturated heterocycles. The second kappa shape index (κ2) is 7.65. The van der Waals surface area contributed by atoms with Crippen molar-refractivity contribution in [2.45, 2.75) is 45.8 Å². The Morgan fingerprint density at radius 2 is 2.20 bits per heavy atom. The second-order valence-corrected chi connectivity index (χ2v) is 5.66. The van der Waals surface area contributed by atoms with Crippen molar-refractivity contribution in [3.8, 4) is 0 Å². The van der Waals surface area contributed by atoms with Gasteiger partial charge in [-0.2, -0.15) is 0 Å². The first-order valence-corrected chi connectivity index (χ1v) is 7.88. The Kier molecular flexibility index (Phi) is 5.86. The topological polar surface area (TPSA) is 24.5 Å². The molecule has 0 aliphatic carbocycles. The molecule has 1 fully saturated rings. The molecule has 0 radical (unpaired) electrons. The fourth-order valence-electron chi connectivity index (χ4n) is 2.92. The van der Waals surface area contributed by atoms with Crippen LogP contribution in [-0.2, 0) is 4.74 Å². The van der Waals surface area contributed by atoms with Crippen LogP contribution in [-0.4, -0.2) is 38.4 Å². The molecule has 0 amide bonds. The minimum absolute atomic E-state index is 0.406. The van der Waals surface area contributed by atoms with Crippen molar-refractivity contribution < 1.29 is 4.74 Å². The molecule has 1 aromatic carbocycles. The van der Waals surface area contributed by atoms with Gasteiger partial charge in [0, 0.05) is 38.0 Å². The van der Waals surface area contributed by atoms with Crippen molar-refractivity contribution in [1.29, 1.82) is 0 Å². The third-order valence-electron chi connectivity index (χ3n) is 4.21. The SMILES string of the molecule is CCN(CCNC(C)C1CCCO1)c1ccccc1C. The lowest BCUT2D eigenvalue weighted by Crippen LogP contribution is -2.41. The highest BCUT2D eigenvalue weighted by Crippen LogP contribution is 2.19. The van der Waals surface area contributed by atoms with Gasteiger partial charge in [0.2, 0.25) is 0 Å². The van der Waals surface area contributed by atoms with Gasteiger partial charge in [-0.25, -0.2) is 0 Å². The number of likely N-dealkylation sites (N-methyl/N-ethyl adjacent to an activating group) is 1. The molecule has 0 aromatic heterocycles. The number of para-hydroxylation sites is 1. The van der Waals surface area contributed by atoms with Gasteiger partial charge in [0.15, 0.2) is 0 Å². The Morgan fingerprint density at radius 1 is 1.40 bits per heavy atom. The van der Waals surface area contributed by atoms with Gasteiger partial charge in [-0.3, -0.25) is 0 Å². The first-order valence-electron chi connectivity index (χ1n) is 7.88. The predicted molar refractivity (Wildman–Crippen MR) is 85.5 cm³/mol. The van der Waals surface area contributed by atoms with Gasteiger partial charge in [0.1, 0.15) is 0 Å². The molecule has 1 aliphatic heterocycles. The summed E-state index contributed by atoms with van der Waals surface area (Å²) in [5.74, 6) is 0. The van der Waals surface area contributed by atoms with E-state index in [0.29, 0.717) is 12.1 Å². The fourth-order valence-corrected chi connectivity index (χ4v) is 2.92. The minimum atomic E-state index is 0.406. The van der Waals surface area contributed by atoms with Crippen LogP contribution < -0.4 is 10.2 Å². The average Bonchev–Trinajstić information content (AvgIpc) is 2.99. The van der Waals surface area contributed by atoms with Gasteiger partial charge < -0.3 is 15.0 Å². The van der Waals surface area contributed by atoms with E-state index in [9.17, 15) is 0 Å². The molecule has 112 valence electrons. The van der Waals surface area contributed by atoms with Crippen molar-refractivity contribution in [3.05, 3.63) is 29.8 Å². The highest BCUT2D eigenvalue weighted by atomic mass is 16.5. The maximum atomic E-state index is 5.73. The number of nitrogens with zero attached hydrogens (tertiary/aromatic N) is 1. The largest absolute Gasteiger partial charge is 0.377 e. The van der Waals surface area contributed by atoms with E-state index in [-0.39, 0.29) is 0 Å². The number of benzene rings is 1. The molecule has 2 unspecified atom stereocenters. The number of hydrogen-bond acceptors (Lipinski definition) is 3. The highest BCUT2D eigenvalue weighted by Gasteiger charge is 2.21. The fraction of sp³-hybridized carbons (Fsp3) is 0.647. The standard InChI is InChI=1S/C17H28N2O/c1-4-19(16-9-6-5-8-14(16)2)12-11-18-15(3)17-10-7-13-20-17/h5-6,8-9,15,17-18H,4,7,10-13H2,1-3H3. The lowest BCUT2D eigenvalue weighted by atomic mass is 10.1. The van der Waals surface area contributed by atoms with E-state index in [1.165, 1.54) is 24.1 Å². The number of aryl methyl sites for hydroxylation is 1. The zero-order chi connectivity index (χ0) is 14.4. The Morgan fingerprint density at radius 3 is 2.85 bits per heavy atom. The van der Waals surface area contributed by atoms with Crippen molar-refractivity contribution >= 4 is 5.69 Å². The van der Waals surface area contributed by atoms with Crippen LogP contribution in [0.25, 0.3) is 0 Å². The van der Waals surface area contributed by atoms with Crippen LogP contribution in [0.1, 0.15) is 32.3 Å². The molecule has 20 heavy (non-hydrogen) atoms. The van der Waals surface area contributed by atoms with E-state index in [1.54, 1.807) is 0 Å². The summed E-state index contributed by atoms with van der Waals surface area (Å²) in [7, 11) is 0. The lowest BCUT2D eigenvalue weighted by Gasteiger charge is -2.27. The van der Waals surface area contributed by atoms with Crippen molar-refractivity contribution in [3.63, 3.8) is 0 Å². The maximum Gasteiger partial charge on any atom is 0.0726 e. The van der Waals surface area contributed by atoms with Crippen LogP contribution in [0.3, 0.4) is 0 Å². The number of nitrogens with one attached hydrogen (secondary N) is 1. The Bertz CT molecular complexity index is 402. The van der Waals surface area contributed by atoms with E-state index < -0.39 is 0 Å². The van der Waals surface area contributed by atoms with Crippen molar-refractivity contribution in [2.24, 2.45) is 0 Å². The van der Waals surface area contributed by atoms with Crippen molar-refractivity contribution in [1.82, 2.24) is 5.32 Å². The summed E-state index contributed by atoms with van der Waals surface area (Å²) in [6.07, 6.45) is 2.81. The summed E-state index contributed by atoms with van der Waals surface area (Å²) < 4.78 is 5.73. The Balaban J connectivity index is 1.80. The van der Waals surface area contributed by atoms with Crippen LogP contribution in [0.5, 0.6) is 0 Å². The molecule has 1 aliphatic rings. The molecule has 1 aromatic rings. The van der Waals surface area contributed by atoms with Gasteiger partial charge in [0.05, 0.1) is 6.10 Å². The number of anilines is 1. The smallest absolute Gasteiger partial charge is 0.0726 e. The first kappa shape index (κ1) is 15.3. The van der Waals surface area contributed by atoms with Crippen LogP contribution in [0.2, 0.25) is 0 Å². The Hall–Kier alpha value is -1.06. The molecule has 3 heteroatoms. The second-order valence-electron chi connectivity index (χ2n) is 5.66. The third kappa shape index (κ3) is 3.97. The predicted octanol–water partition coefficient (Wildman–Crippen LogP) is 2.98. The summed E-state index contributed by atoms with van der Waals surface area (Å²) in [4.78, 5) is 2.44. The normalized spacial score (nSPS) is 20.1. The monoisotopic (exact) mass is 276 g/mol. The number of rotatable bonds is 7. The summed E-state index contributed by atoms with van der Waals surface area (Å²) in [6.45, 7) is 10.7. The van der Waals surface area contributed by atoms with Gasteiger partial charge in [0.25, 0.3) is 0 Å². The molecule has 0 saturated carbocycles. The maximum absolute atomic E-state index is 5.73. The molecular weight excluding hydrogens is 248 g/mol. The average molecular weight is 276 g/mol. The molecule has 2 rings (SSSR count). The van der Waals surface area contributed by atoms with Gasteiger partial charge in [-0.1, -0.05) is 18.2 Å².